The predicted molar refractivity (Wildman–Crippen MR) is 64.8 cm³/mol. The Labute approximate surface area is 92.8 Å². The highest BCUT2D eigenvalue weighted by molar-refractivity contribution is 5.13. The normalized spacial score (nSPS) is 13.6. The molecule has 0 N–H and O–H groups in total. The molecule has 1 aliphatic rings. The first kappa shape index (κ1) is 12.0. The van der Waals surface area contributed by atoms with E-state index in [0.29, 0.717) is 6.61 Å². The van der Waals surface area contributed by atoms with Crippen LogP contribution in [0.4, 0.5) is 0 Å². The number of hydrogen-bond acceptors (Lipinski definition) is 1. The van der Waals surface area contributed by atoms with Crippen molar-refractivity contribution in [3.63, 3.8) is 0 Å². The van der Waals surface area contributed by atoms with Gasteiger partial charge in [-0.25, -0.2) is 0 Å². The van der Waals surface area contributed by atoms with Gasteiger partial charge in [0, 0.05) is 7.11 Å². The molecule has 0 radical (unpaired) electrons. The molecule has 1 aliphatic carbocycles. The van der Waals surface area contributed by atoms with Crippen molar-refractivity contribution in [1.29, 1.82) is 0 Å². The molecule has 82 valence electrons. The quantitative estimate of drug-likeness (QED) is 0.663. The van der Waals surface area contributed by atoms with Crippen LogP contribution in [0, 0.1) is 0 Å². The van der Waals surface area contributed by atoms with Crippen LogP contribution in [0.2, 0.25) is 0 Å². The Morgan fingerprint density at radius 2 is 1.87 bits per heavy atom. The molecule has 1 aromatic carbocycles. The van der Waals surface area contributed by atoms with E-state index < -0.39 is 0 Å². The summed E-state index contributed by atoms with van der Waals surface area (Å²) in [5.41, 5.74) is 2.87. The highest BCUT2D eigenvalue weighted by Crippen LogP contribution is 2.24. The van der Waals surface area contributed by atoms with E-state index in [2.05, 4.69) is 13.0 Å². The van der Waals surface area contributed by atoms with Gasteiger partial charge in [-0.1, -0.05) is 42.0 Å². The molecule has 0 bridgehead atoms. The summed E-state index contributed by atoms with van der Waals surface area (Å²) in [7, 11) is 1.70. The van der Waals surface area contributed by atoms with Crippen LogP contribution < -0.4 is 0 Å². The molecule has 15 heavy (non-hydrogen) atoms. The van der Waals surface area contributed by atoms with Crippen molar-refractivity contribution in [2.75, 3.05) is 7.11 Å². The summed E-state index contributed by atoms with van der Waals surface area (Å²) < 4.78 is 4.93. The molecule has 1 fully saturated rings. The number of benzene rings is 1. The van der Waals surface area contributed by atoms with Crippen molar-refractivity contribution < 1.29 is 4.74 Å². The molecular formula is C14H20O. The van der Waals surface area contributed by atoms with Gasteiger partial charge in [-0.05, 0) is 31.7 Å². The molecule has 0 amide bonds. The van der Waals surface area contributed by atoms with Gasteiger partial charge in [0.15, 0.2) is 0 Å². The van der Waals surface area contributed by atoms with E-state index in [9.17, 15) is 0 Å². The molecule has 0 heterocycles. The Hall–Kier alpha value is -1.08. The lowest BCUT2D eigenvalue weighted by Gasteiger charge is -2.13. The van der Waals surface area contributed by atoms with Crippen molar-refractivity contribution in [2.24, 2.45) is 0 Å². The Morgan fingerprint density at radius 1 is 1.20 bits per heavy atom. The molecule has 1 heteroatoms. The number of hydrogen-bond donors (Lipinski definition) is 0. The maximum Gasteiger partial charge on any atom is 0.0713 e. The highest BCUT2D eigenvalue weighted by Gasteiger charge is 2.04. The van der Waals surface area contributed by atoms with Gasteiger partial charge < -0.3 is 4.74 Å². The molecule has 0 aliphatic heterocycles. The zero-order valence-corrected chi connectivity index (χ0v) is 9.70. The maximum atomic E-state index is 4.93. The second-order valence-corrected chi connectivity index (χ2v) is 3.72. The third-order valence-corrected chi connectivity index (χ3v) is 2.56. The lowest BCUT2D eigenvalue weighted by molar-refractivity contribution is 0.185. The van der Waals surface area contributed by atoms with Crippen LogP contribution in [-0.2, 0) is 11.3 Å². The maximum absolute atomic E-state index is 4.93. The molecule has 2 rings (SSSR count). The van der Waals surface area contributed by atoms with Crippen LogP contribution in [0.1, 0.15) is 31.7 Å². The van der Waals surface area contributed by atoms with Crippen LogP contribution >= 0.6 is 0 Å². The van der Waals surface area contributed by atoms with Crippen molar-refractivity contribution in [3.8, 4) is 0 Å². The SMILES string of the molecule is CC=C1CCC1.COCc1ccccc1. The van der Waals surface area contributed by atoms with E-state index in [1.54, 1.807) is 12.7 Å². The summed E-state index contributed by atoms with van der Waals surface area (Å²) in [6, 6.07) is 10.1. The first-order valence-electron chi connectivity index (χ1n) is 5.53. The fourth-order valence-corrected chi connectivity index (χ4v) is 1.41. The summed E-state index contributed by atoms with van der Waals surface area (Å²) in [5, 5.41) is 0. The average Bonchev–Trinajstić information content (AvgIpc) is 2.19. The fraction of sp³-hybridized carbons (Fsp3) is 0.429. The van der Waals surface area contributed by atoms with Gasteiger partial charge in [-0.2, -0.15) is 0 Å². The lowest BCUT2D eigenvalue weighted by Crippen LogP contribution is -1.94. The minimum absolute atomic E-state index is 0.709. The molecular weight excluding hydrogens is 184 g/mol. The molecule has 0 atom stereocenters. The van der Waals surface area contributed by atoms with Crippen LogP contribution in [-0.4, -0.2) is 7.11 Å². The zero-order chi connectivity index (χ0) is 10.9. The standard InChI is InChI=1S/C8H10O.C6H10/c1-9-7-8-5-3-2-4-6-8;1-2-6-4-3-5-6/h2-6H,7H2,1H3;2H,3-5H2,1H3. The minimum Gasteiger partial charge on any atom is -0.380 e. The highest BCUT2D eigenvalue weighted by atomic mass is 16.5. The lowest BCUT2D eigenvalue weighted by atomic mass is 9.93. The first-order chi connectivity index (χ1) is 7.36. The number of methoxy groups -OCH3 is 1. The van der Waals surface area contributed by atoms with Crippen molar-refractivity contribution in [2.45, 2.75) is 32.8 Å². The summed E-state index contributed by atoms with van der Waals surface area (Å²) in [6.07, 6.45) is 6.40. The van der Waals surface area contributed by atoms with Crippen molar-refractivity contribution in [3.05, 3.63) is 47.5 Å². The first-order valence-corrected chi connectivity index (χ1v) is 5.53. The number of rotatable bonds is 2. The van der Waals surface area contributed by atoms with Gasteiger partial charge in [0.1, 0.15) is 0 Å². The Balaban J connectivity index is 0.000000162. The van der Waals surface area contributed by atoms with E-state index in [4.69, 9.17) is 4.74 Å². The Kier molecular flexibility index (Phi) is 5.79. The van der Waals surface area contributed by atoms with Gasteiger partial charge in [-0.3, -0.25) is 0 Å². The zero-order valence-electron chi connectivity index (χ0n) is 9.70. The van der Waals surface area contributed by atoms with Gasteiger partial charge >= 0.3 is 0 Å². The van der Waals surface area contributed by atoms with E-state index in [1.807, 2.05) is 30.3 Å². The number of ether oxygens (including phenoxy) is 1. The average molecular weight is 204 g/mol. The molecule has 0 unspecified atom stereocenters. The van der Waals surface area contributed by atoms with Gasteiger partial charge in [-0.15, -0.1) is 0 Å². The van der Waals surface area contributed by atoms with Gasteiger partial charge in [0.05, 0.1) is 6.61 Å². The van der Waals surface area contributed by atoms with E-state index >= 15 is 0 Å². The third-order valence-electron chi connectivity index (χ3n) is 2.56. The van der Waals surface area contributed by atoms with E-state index in [-0.39, 0.29) is 0 Å². The molecule has 0 spiro atoms. The summed E-state index contributed by atoms with van der Waals surface area (Å²) in [5.74, 6) is 0. The molecule has 1 nitrogen and oxygen atoms in total. The monoisotopic (exact) mass is 204 g/mol. The Bertz CT molecular complexity index is 281. The number of allylic oxidation sites excluding steroid dienone is 2. The van der Waals surface area contributed by atoms with Crippen LogP contribution in [0.5, 0.6) is 0 Å². The van der Waals surface area contributed by atoms with Gasteiger partial charge in [0.25, 0.3) is 0 Å². The third kappa shape index (κ3) is 4.80. The fourth-order valence-electron chi connectivity index (χ4n) is 1.41. The Morgan fingerprint density at radius 3 is 2.20 bits per heavy atom. The largest absolute Gasteiger partial charge is 0.380 e. The molecule has 0 saturated heterocycles. The van der Waals surface area contributed by atoms with E-state index in [1.165, 1.54) is 24.8 Å². The molecule has 0 aromatic heterocycles. The van der Waals surface area contributed by atoms with Crippen molar-refractivity contribution >= 4 is 0 Å². The van der Waals surface area contributed by atoms with Crippen molar-refractivity contribution in [1.82, 2.24) is 0 Å². The molecule has 1 aromatic rings. The second-order valence-electron chi connectivity index (χ2n) is 3.72. The van der Waals surface area contributed by atoms with E-state index in [0.717, 1.165) is 0 Å². The van der Waals surface area contributed by atoms with Crippen LogP contribution in [0.25, 0.3) is 0 Å². The van der Waals surface area contributed by atoms with Crippen LogP contribution in [0.3, 0.4) is 0 Å². The minimum atomic E-state index is 0.709. The molecule has 1 saturated carbocycles. The summed E-state index contributed by atoms with van der Waals surface area (Å²) in [6.45, 7) is 2.83. The smallest absolute Gasteiger partial charge is 0.0713 e. The predicted octanol–water partition coefficient (Wildman–Crippen LogP) is 3.95. The second kappa shape index (κ2) is 7.24. The van der Waals surface area contributed by atoms with Crippen LogP contribution in [0.15, 0.2) is 42.0 Å². The van der Waals surface area contributed by atoms with Gasteiger partial charge in [0.2, 0.25) is 0 Å². The summed E-state index contributed by atoms with van der Waals surface area (Å²) >= 11 is 0. The topological polar surface area (TPSA) is 9.23 Å². The summed E-state index contributed by atoms with van der Waals surface area (Å²) in [4.78, 5) is 0.